The Morgan fingerprint density at radius 1 is 1.47 bits per heavy atom. The molecule has 0 aromatic carbocycles. The maximum absolute atomic E-state index is 5.61. The van der Waals surface area contributed by atoms with E-state index in [2.05, 4.69) is 9.97 Å². The topological polar surface area (TPSA) is 44.2 Å². The average Bonchev–Trinajstić information content (AvgIpc) is 2.18. The van der Waals surface area contributed by atoms with Gasteiger partial charge in [-0.05, 0) is 25.4 Å². The highest BCUT2D eigenvalue weighted by molar-refractivity contribution is 6.28. The zero-order chi connectivity index (χ0) is 11.3. The van der Waals surface area contributed by atoms with Crippen LogP contribution in [-0.4, -0.2) is 29.3 Å². The van der Waals surface area contributed by atoms with Crippen LogP contribution in [0.15, 0.2) is 12.3 Å². The molecule has 0 aliphatic rings. The summed E-state index contributed by atoms with van der Waals surface area (Å²) < 4.78 is 10.7. The van der Waals surface area contributed by atoms with E-state index in [0.717, 1.165) is 6.42 Å². The third-order valence-electron chi connectivity index (χ3n) is 2.11. The quantitative estimate of drug-likeness (QED) is 0.729. The molecule has 84 valence electrons. The Bertz CT molecular complexity index is 318. The summed E-state index contributed by atoms with van der Waals surface area (Å²) in [6.45, 7) is 4.54. The van der Waals surface area contributed by atoms with Crippen molar-refractivity contribution in [3.05, 3.63) is 17.5 Å². The third-order valence-corrected chi connectivity index (χ3v) is 2.29. The average molecular weight is 231 g/mol. The van der Waals surface area contributed by atoms with Crippen LogP contribution in [0.1, 0.15) is 20.3 Å². The van der Waals surface area contributed by atoms with Gasteiger partial charge in [-0.2, -0.15) is 4.98 Å². The third kappa shape index (κ3) is 4.44. The van der Waals surface area contributed by atoms with Gasteiger partial charge in [0.05, 0.1) is 12.2 Å². The van der Waals surface area contributed by atoms with E-state index in [9.17, 15) is 0 Å². The van der Waals surface area contributed by atoms with Gasteiger partial charge in [0.1, 0.15) is 0 Å². The van der Waals surface area contributed by atoms with Crippen LogP contribution in [0.4, 0.5) is 0 Å². The van der Waals surface area contributed by atoms with E-state index in [-0.39, 0.29) is 10.9 Å². The predicted molar refractivity (Wildman–Crippen MR) is 58.2 cm³/mol. The first-order valence-corrected chi connectivity index (χ1v) is 5.08. The summed E-state index contributed by atoms with van der Waals surface area (Å²) in [5, 5.41) is 0.193. The lowest BCUT2D eigenvalue weighted by Crippen LogP contribution is -2.25. The van der Waals surface area contributed by atoms with Crippen molar-refractivity contribution in [2.75, 3.05) is 13.7 Å². The number of methoxy groups -OCH3 is 1. The summed E-state index contributed by atoms with van der Waals surface area (Å²) in [4.78, 5) is 7.67. The van der Waals surface area contributed by atoms with Gasteiger partial charge in [0, 0.05) is 25.8 Å². The molecular formula is C10H15ClN2O2. The Morgan fingerprint density at radius 2 is 2.20 bits per heavy atom. The standard InChI is InChI=1S/C10H15ClN2O2/c1-10(2,14-3)5-7-15-8-4-6-12-9(11)13-8/h4,6H,5,7H2,1-3H3. The maximum Gasteiger partial charge on any atom is 0.225 e. The van der Waals surface area contributed by atoms with E-state index in [0.29, 0.717) is 12.5 Å². The van der Waals surface area contributed by atoms with Gasteiger partial charge in [0.15, 0.2) is 0 Å². The lowest BCUT2D eigenvalue weighted by molar-refractivity contribution is 0.00508. The molecule has 0 saturated carbocycles. The van der Waals surface area contributed by atoms with E-state index in [1.54, 1.807) is 19.4 Å². The van der Waals surface area contributed by atoms with Crippen LogP contribution < -0.4 is 4.74 Å². The second-order valence-corrected chi connectivity index (χ2v) is 4.06. The Hall–Kier alpha value is -0.870. The first-order valence-electron chi connectivity index (χ1n) is 4.70. The van der Waals surface area contributed by atoms with Crippen molar-refractivity contribution in [3.8, 4) is 5.88 Å². The summed E-state index contributed by atoms with van der Waals surface area (Å²) in [7, 11) is 1.68. The summed E-state index contributed by atoms with van der Waals surface area (Å²) in [5.74, 6) is 0.488. The number of rotatable bonds is 5. The molecule has 0 spiro atoms. The van der Waals surface area contributed by atoms with Crippen LogP contribution in [0.5, 0.6) is 5.88 Å². The van der Waals surface area contributed by atoms with Crippen molar-refractivity contribution < 1.29 is 9.47 Å². The molecule has 5 heteroatoms. The van der Waals surface area contributed by atoms with Crippen LogP contribution in [-0.2, 0) is 4.74 Å². The summed E-state index contributed by atoms with van der Waals surface area (Å²) in [6.07, 6.45) is 2.34. The molecule has 0 amide bonds. The molecule has 1 aromatic rings. The smallest absolute Gasteiger partial charge is 0.225 e. The highest BCUT2D eigenvalue weighted by Crippen LogP contribution is 2.14. The van der Waals surface area contributed by atoms with Crippen molar-refractivity contribution in [1.29, 1.82) is 0 Å². The van der Waals surface area contributed by atoms with Crippen molar-refractivity contribution >= 4 is 11.6 Å². The summed E-state index contributed by atoms with van der Waals surface area (Å²) in [6, 6.07) is 1.67. The fourth-order valence-corrected chi connectivity index (χ4v) is 1.04. The molecule has 1 heterocycles. The van der Waals surface area contributed by atoms with Crippen LogP contribution in [0.25, 0.3) is 0 Å². The molecule has 0 N–H and O–H groups in total. The number of hydrogen-bond donors (Lipinski definition) is 0. The molecule has 0 aliphatic heterocycles. The molecule has 0 saturated heterocycles. The van der Waals surface area contributed by atoms with Crippen LogP contribution in [0, 0.1) is 0 Å². The van der Waals surface area contributed by atoms with Crippen molar-refractivity contribution in [2.24, 2.45) is 0 Å². The maximum atomic E-state index is 5.61. The van der Waals surface area contributed by atoms with Crippen LogP contribution in [0.3, 0.4) is 0 Å². The lowest BCUT2D eigenvalue weighted by atomic mass is 10.1. The Balaban J connectivity index is 2.38. The monoisotopic (exact) mass is 230 g/mol. The summed E-state index contributed by atoms with van der Waals surface area (Å²) >= 11 is 5.61. The van der Waals surface area contributed by atoms with Gasteiger partial charge < -0.3 is 9.47 Å². The van der Waals surface area contributed by atoms with E-state index >= 15 is 0 Å². The Morgan fingerprint density at radius 3 is 2.80 bits per heavy atom. The van der Waals surface area contributed by atoms with Gasteiger partial charge in [0.25, 0.3) is 0 Å². The van der Waals surface area contributed by atoms with Gasteiger partial charge in [-0.3, -0.25) is 0 Å². The van der Waals surface area contributed by atoms with E-state index in [1.165, 1.54) is 0 Å². The Labute approximate surface area is 94.6 Å². The normalized spacial score (nSPS) is 11.5. The van der Waals surface area contributed by atoms with Gasteiger partial charge in [-0.1, -0.05) is 0 Å². The highest BCUT2D eigenvalue weighted by atomic mass is 35.5. The number of aromatic nitrogens is 2. The van der Waals surface area contributed by atoms with E-state index in [4.69, 9.17) is 21.1 Å². The molecule has 0 atom stereocenters. The Kier molecular flexibility index (Phi) is 4.29. The number of ether oxygens (including phenoxy) is 2. The number of nitrogens with zero attached hydrogens (tertiary/aromatic N) is 2. The molecule has 0 fully saturated rings. The molecular weight excluding hydrogens is 216 g/mol. The first-order chi connectivity index (χ1) is 7.03. The van der Waals surface area contributed by atoms with E-state index < -0.39 is 0 Å². The summed E-state index contributed by atoms with van der Waals surface area (Å²) in [5.41, 5.74) is -0.184. The minimum atomic E-state index is -0.184. The zero-order valence-corrected chi connectivity index (χ0v) is 9.91. The molecule has 0 radical (unpaired) electrons. The minimum absolute atomic E-state index is 0.184. The first kappa shape index (κ1) is 12.2. The van der Waals surface area contributed by atoms with Crippen LogP contribution >= 0.6 is 11.6 Å². The molecule has 0 unspecified atom stereocenters. The predicted octanol–water partition coefficient (Wildman–Crippen LogP) is 2.32. The molecule has 1 aromatic heterocycles. The lowest BCUT2D eigenvalue weighted by Gasteiger charge is -2.22. The van der Waals surface area contributed by atoms with Gasteiger partial charge in [0.2, 0.25) is 11.2 Å². The number of hydrogen-bond acceptors (Lipinski definition) is 4. The minimum Gasteiger partial charge on any atom is -0.477 e. The van der Waals surface area contributed by atoms with Gasteiger partial charge in [-0.25, -0.2) is 4.98 Å². The van der Waals surface area contributed by atoms with Gasteiger partial charge >= 0.3 is 0 Å². The van der Waals surface area contributed by atoms with E-state index in [1.807, 2.05) is 13.8 Å². The van der Waals surface area contributed by atoms with Crippen molar-refractivity contribution in [2.45, 2.75) is 25.9 Å². The second kappa shape index (κ2) is 5.28. The SMILES string of the molecule is COC(C)(C)CCOc1ccnc(Cl)n1. The van der Waals surface area contributed by atoms with Crippen LogP contribution in [0.2, 0.25) is 5.28 Å². The largest absolute Gasteiger partial charge is 0.477 e. The zero-order valence-electron chi connectivity index (χ0n) is 9.16. The highest BCUT2D eigenvalue weighted by Gasteiger charge is 2.16. The molecule has 1 rings (SSSR count). The van der Waals surface area contributed by atoms with Crippen molar-refractivity contribution in [1.82, 2.24) is 9.97 Å². The molecule has 0 aliphatic carbocycles. The molecule has 4 nitrogen and oxygen atoms in total. The second-order valence-electron chi connectivity index (χ2n) is 3.73. The van der Waals surface area contributed by atoms with Crippen molar-refractivity contribution in [3.63, 3.8) is 0 Å². The fourth-order valence-electron chi connectivity index (χ4n) is 0.903. The fraction of sp³-hybridized carbons (Fsp3) is 0.600. The molecule has 15 heavy (non-hydrogen) atoms. The number of halogens is 1. The molecule has 0 bridgehead atoms. The van der Waals surface area contributed by atoms with Gasteiger partial charge in [-0.15, -0.1) is 0 Å².